The van der Waals surface area contributed by atoms with Crippen molar-refractivity contribution in [3.63, 3.8) is 0 Å². The fraction of sp³-hybridized carbons (Fsp3) is 0.0667. The third-order valence-corrected chi connectivity index (χ3v) is 2.81. The maximum atomic E-state index is 11.7. The summed E-state index contributed by atoms with van der Waals surface area (Å²) in [6.45, 7) is 0.152. The lowest BCUT2D eigenvalue weighted by molar-refractivity contribution is 0.251. The number of phenols is 1. The molecule has 0 atom stereocenters. The van der Waals surface area contributed by atoms with Gasteiger partial charge in [-0.25, -0.2) is 4.79 Å². The molecule has 6 heteroatoms. The van der Waals surface area contributed by atoms with Gasteiger partial charge in [-0.2, -0.15) is 5.26 Å². The van der Waals surface area contributed by atoms with Crippen LogP contribution in [0.2, 0.25) is 0 Å². The summed E-state index contributed by atoms with van der Waals surface area (Å²) in [6.07, 6.45) is 0. The molecule has 0 aromatic heterocycles. The van der Waals surface area contributed by atoms with Crippen LogP contribution in [-0.2, 0) is 6.54 Å². The summed E-state index contributed by atoms with van der Waals surface area (Å²) in [4.78, 5) is 11.7. The maximum Gasteiger partial charge on any atom is 0.319 e. The quantitative estimate of drug-likeness (QED) is 0.510. The van der Waals surface area contributed by atoms with E-state index in [1.54, 1.807) is 36.4 Å². The standard InChI is InChI=1S/C15H14N4O2/c16-8-10-1-4-13(5-2-10)19-15(21)18-9-11-7-12(17)3-6-14(11)20/h1-7,20H,9,17H2,(H2,18,19,21). The van der Waals surface area contributed by atoms with Crippen LogP contribution in [0.3, 0.4) is 0 Å². The van der Waals surface area contributed by atoms with Gasteiger partial charge in [0.15, 0.2) is 0 Å². The Balaban J connectivity index is 1.92. The number of phenolic OH excluding ortho intramolecular Hbond substituents is 1. The van der Waals surface area contributed by atoms with E-state index >= 15 is 0 Å². The van der Waals surface area contributed by atoms with Gasteiger partial charge in [0.05, 0.1) is 11.6 Å². The fourth-order valence-electron chi connectivity index (χ4n) is 1.73. The molecule has 0 saturated heterocycles. The molecule has 2 aromatic rings. The van der Waals surface area contributed by atoms with Crippen LogP contribution >= 0.6 is 0 Å². The van der Waals surface area contributed by atoms with E-state index in [4.69, 9.17) is 11.0 Å². The molecular weight excluding hydrogens is 268 g/mol. The lowest BCUT2D eigenvalue weighted by Crippen LogP contribution is -2.28. The number of aromatic hydroxyl groups is 1. The predicted octanol–water partition coefficient (Wildman–Crippen LogP) is 2.17. The van der Waals surface area contributed by atoms with Crippen molar-refractivity contribution < 1.29 is 9.90 Å². The molecule has 6 nitrogen and oxygen atoms in total. The number of nitrogens with two attached hydrogens (primary N) is 1. The van der Waals surface area contributed by atoms with Crippen molar-refractivity contribution >= 4 is 17.4 Å². The first-order chi connectivity index (χ1) is 10.1. The number of rotatable bonds is 3. The molecule has 2 amide bonds. The molecule has 2 aromatic carbocycles. The average molecular weight is 282 g/mol. The topological polar surface area (TPSA) is 111 Å². The van der Waals surface area contributed by atoms with Gasteiger partial charge in [-0.05, 0) is 42.5 Å². The summed E-state index contributed by atoms with van der Waals surface area (Å²) in [5.41, 5.74) is 7.75. The summed E-state index contributed by atoms with van der Waals surface area (Å²) >= 11 is 0. The van der Waals surface area contributed by atoms with Gasteiger partial charge in [0.2, 0.25) is 0 Å². The van der Waals surface area contributed by atoms with Crippen LogP contribution in [0.25, 0.3) is 0 Å². The van der Waals surface area contributed by atoms with Gasteiger partial charge in [-0.3, -0.25) is 0 Å². The minimum atomic E-state index is -0.415. The smallest absolute Gasteiger partial charge is 0.319 e. The molecule has 106 valence electrons. The van der Waals surface area contributed by atoms with Crippen molar-refractivity contribution in [2.45, 2.75) is 6.54 Å². The predicted molar refractivity (Wildman–Crippen MR) is 79.5 cm³/mol. The van der Waals surface area contributed by atoms with E-state index in [9.17, 15) is 9.90 Å². The normalized spacial score (nSPS) is 9.67. The molecule has 0 heterocycles. The summed E-state index contributed by atoms with van der Waals surface area (Å²) in [6, 6.07) is 12.7. The molecule has 0 saturated carbocycles. The van der Waals surface area contributed by atoms with Crippen molar-refractivity contribution in [1.29, 1.82) is 5.26 Å². The van der Waals surface area contributed by atoms with E-state index < -0.39 is 6.03 Å². The number of nitrogens with zero attached hydrogens (tertiary/aromatic N) is 1. The van der Waals surface area contributed by atoms with Gasteiger partial charge < -0.3 is 21.5 Å². The highest BCUT2D eigenvalue weighted by molar-refractivity contribution is 5.89. The second kappa shape index (κ2) is 6.30. The molecule has 2 rings (SSSR count). The van der Waals surface area contributed by atoms with Gasteiger partial charge >= 0.3 is 6.03 Å². The number of urea groups is 1. The Morgan fingerprint density at radius 1 is 1.24 bits per heavy atom. The Morgan fingerprint density at radius 3 is 2.62 bits per heavy atom. The van der Waals surface area contributed by atoms with E-state index in [1.807, 2.05) is 6.07 Å². The molecule has 0 fully saturated rings. The van der Waals surface area contributed by atoms with Crippen molar-refractivity contribution in [3.05, 3.63) is 53.6 Å². The van der Waals surface area contributed by atoms with Gasteiger partial charge in [0, 0.05) is 23.5 Å². The number of anilines is 2. The number of hydrogen-bond donors (Lipinski definition) is 4. The third kappa shape index (κ3) is 3.88. The minimum Gasteiger partial charge on any atom is -0.508 e. The number of amides is 2. The van der Waals surface area contributed by atoms with Crippen LogP contribution in [-0.4, -0.2) is 11.1 Å². The molecule has 0 radical (unpaired) electrons. The summed E-state index contributed by atoms with van der Waals surface area (Å²) < 4.78 is 0. The molecule has 0 bridgehead atoms. The van der Waals surface area contributed by atoms with Crippen molar-refractivity contribution in [2.75, 3.05) is 11.1 Å². The molecule has 0 spiro atoms. The monoisotopic (exact) mass is 282 g/mol. The number of nitriles is 1. The molecular formula is C15H14N4O2. The number of hydrogen-bond acceptors (Lipinski definition) is 4. The number of carbonyl (C=O) groups excluding carboxylic acids is 1. The second-order valence-corrected chi connectivity index (χ2v) is 4.38. The van der Waals surface area contributed by atoms with E-state index in [-0.39, 0.29) is 12.3 Å². The minimum absolute atomic E-state index is 0.0721. The van der Waals surface area contributed by atoms with Crippen LogP contribution in [0.15, 0.2) is 42.5 Å². The summed E-state index contributed by atoms with van der Waals surface area (Å²) in [5.74, 6) is 0.0721. The van der Waals surface area contributed by atoms with Crippen LogP contribution in [0.4, 0.5) is 16.2 Å². The van der Waals surface area contributed by atoms with E-state index in [1.165, 1.54) is 6.07 Å². The Bertz CT molecular complexity index is 690. The fourth-order valence-corrected chi connectivity index (χ4v) is 1.73. The van der Waals surface area contributed by atoms with Crippen LogP contribution < -0.4 is 16.4 Å². The molecule has 5 N–H and O–H groups in total. The van der Waals surface area contributed by atoms with Gasteiger partial charge in [0.25, 0.3) is 0 Å². The first-order valence-corrected chi connectivity index (χ1v) is 6.21. The van der Waals surface area contributed by atoms with Crippen molar-refractivity contribution in [2.24, 2.45) is 0 Å². The first kappa shape index (κ1) is 14.2. The summed E-state index contributed by atoms with van der Waals surface area (Å²) in [5, 5.41) is 23.6. The lowest BCUT2D eigenvalue weighted by Gasteiger charge is -2.09. The zero-order valence-electron chi connectivity index (χ0n) is 11.1. The highest BCUT2D eigenvalue weighted by Crippen LogP contribution is 2.19. The lowest BCUT2D eigenvalue weighted by atomic mass is 10.2. The Kier molecular flexibility index (Phi) is 4.26. The molecule has 0 aliphatic rings. The Labute approximate surface area is 121 Å². The van der Waals surface area contributed by atoms with E-state index in [0.29, 0.717) is 22.5 Å². The van der Waals surface area contributed by atoms with Crippen LogP contribution in [0, 0.1) is 11.3 Å². The number of nitrogens with one attached hydrogen (secondary N) is 2. The SMILES string of the molecule is N#Cc1ccc(NC(=O)NCc2cc(N)ccc2O)cc1. The van der Waals surface area contributed by atoms with E-state index in [0.717, 1.165) is 0 Å². The zero-order valence-corrected chi connectivity index (χ0v) is 11.1. The van der Waals surface area contributed by atoms with Gasteiger partial charge in [0.1, 0.15) is 5.75 Å². The molecule has 0 aliphatic carbocycles. The van der Waals surface area contributed by atoms with Crippen LogP contribution in [0.1, 0.15) is 11.1 Å². The number of carbonyl (C=O) groups is 1. The first-order valence-electron chi connectivity index (χ1n) is 6.21. The largest absolute Gasteiger partial charge is 0.508 e. The number of nitrogen functional groups attached to an aromatic ring is 1. The Hall–Kier alpha value is -3.20. The highest BCUT2D eigenvalue weighted by atomic mass is 16.3. The number of benzene rings is 2. The molecule has 0 unspecified atom stereocenters. The highest BCUT2D eigenvalue weighted by Gasteiger charge is 2.05. The van der Waals surface area contributed by atoms with E-state index in [2.05, 4.69) is 10.6 Å². The summed E-state index contributed by atoms with van der Waals surface area (Å²) in [7, 11) is 0. The van der Waals surface area contributed by atoms with Crippen molar-refractivity contribution in [1.82, 2.24) is 5.32 Å². The molecule has 21 heavy (non-hydrogen) atoms. The zero-order chi connectivity index (χ0) is 15.2. The van der Waals surface area contributed by atoms with Crippen molar-refractivity contribution in [3.8, 4) is 11.8 Å². The second-order valence-electron chi connectivity index (χ2n) is 4.38. The Morgan fingerprint density at radius 2 is 1.95 bits per heavy atom. The molecule has 0 aliphatic heterocycles. The van der Waals surface area contributed by atoms with Gasteiger partial charge in [-0.15, -0.1) is 0 Å². The average Bonchev–Trinajstić information content (AvgIpc) is 2.49. The van der Waals surface area contributed by atoms with Crippen LogP contribution in [0.5, 0.6) is 5.75 Å². The third-order valence-electron chi connectivity index (χ3n) is 2.81. The maximum absolute atomic E-state index is 11.7. The van der Waals surface area contributed by atoms with Gasteiger partial charge in [-0.1, -0.05) is 0 Å².